The third-order valence-electron chi connectivity index (χ3n) is 4.82. The number of nitrogens with zero attached hydrogens (tertiary/aromatic N) is 5. The number of amides is 2. The average molecular weight is 502 g/mol. The van der Waals surface area contributed by atoms with Gasteiger partial charge in [0, 0.05) is 29.7 Å². The molecular weight excluding hydrogens is 482 g/mol. The molecule has 4 heterocycles. The van der Waals surface area contributed by atoms with E-state index in [4.69, 9.17) is 10.6 Å². The molecule has 12 nitrogen and oxygen atoms in total. The van der Waals surface area contributed by atoms with Gasteiger partial charge in [0.25, 0.3) is 11.8 Å². The topological polar surface area (TPSA) is 173 Å². The van der Waals surface area contributed by atoms with E-state index in [1.54, 1.807) is 43.6 Å². The first-order valence-electron chi connectivity index (χ1n) is 10.00. The molecule has 0 bridgehead atoms. The zero-order chi connectivity index (χ0) is 24.2. The number of aliphatic carboxylic acids is 1. The molecule has 176 valence electrons. The van der Waals surface area contributed by atoms with Crippen molar-refractivity contribution in [3.05, 3.63) is 53.3 Å². The van der Waals surface area contributed by atoms with Crippen LogP contribution < -0.4 is 11.1 Å². The standard InChI is InChI=1S/C20H19N7O5S2/c1-2-32-25-12(15-24-20(21)34-26-15)16(28)23-13-17(29)27-14(19(30)31)11(9-33-18(13)27)4-3-10-5-7-22-8-6-10/h3-8,13,18H,2,9H2,1H3,(H,23,28)(H,30,31)(H2,21,24,26)/b4-3+,25-12+. The van der Waals surface area contributed by atoms with Gasteiger partial charge in [-0.1, -0.05) is 17.3 Å². The fraction of sp³-hybridized carbons (Fsp3) is 0.250. The molecule has 0 aromatic carbocycles. The van der Waals surface area contributed by atoms with Gasteiger partial charge in [0.2, 0.25) is 11.5 Å². The van der Waals surface area contributed by atoms with Crippen LogP contribution in [0.4, 0.5) is 5.13 Å². The molecule has 0 radical (unpaired) electrons. The van der Waals surface area contributed by atoms with Crippen molar-refractivity contribution in [3.63, 3.8) is 0 Å². The highest BCUT2D eigenvalue weighted by Crippen LogP contribution is 2.40. The fourth-order valence-corrected chi connectivity index (χ4v) is 5.05. The van der Waals surface area contributed by atoms with Gasteiger partial charge in [-0.15, -0.1) is 11.8 Å². The number of allylic oxidation sites excluding steroid dienone is 1. The van der Waals surface area contributed by atoms with Gasteiger partial charge in [0.05, 0.1) is 0 Å². The Hall–Kier alpha value is -3.78. The third kappa shape index (κ3) is 4.63. The zero-order valence-corrected chi connectivity index (χ0v) is 19.4. The summed E-state index contributed by atoms with van der Waals surface area (Å²) in [4.78, 5) is 51.8. The zero-order valence-electron chi connectivity index (χ0n) is 17.7. The molecule has 34 heavy (non-hydrogen) atoms. The number of anilines is 1. The Balaban J connectivity index is 1.53. The van der Waals surface area contributed by atoms with Crippen molar-refractivity contribution in [1.82, 2.24) is 24.6 Å². The minimum absolute atomic E-state index is 0.0250. The van der Waals surface area contributed by atoms with Crippen LogP contribution in [0.5, 0.6) is 0 Å². The van der Waals surface area contributed by atoms with Crippen molar-refractivity contribution in [2.45, 2.75) is 18.3 Å². The first kappa shape index (κ1) is 23.4. The molecule has 0 saturated carbocycles. The Labute approximate surface area is 201 Å². The van der Waals surface area contributed by atoms with E-state index in [0.29, 0.717) is 11.3 Å². The van der Waals surface area contributed by atoms with Gasteiger partial charge >= 0.3 is 5.97 Å². The molecule has 0 spiro atoms. The first-order valence-corrected chi connectivity index (χ1v) is 11.8. The lowest BCUT2D eigenvalue weighted by molar-refractivity contribution is -0.150. The number of carbonyl (C=O) groups is 3. The number of oxime groups is 1. The number of hydrogen-bond acceptors (Lipinski definition) is 11. The van der Waals surface area contributed by atoms with E-state index in [2.05, 4.69) is 24.8 Å². The Bertz CT molecular complexity index is 1210. The predicted molar refractivity (Wildman–Crippen MR) is 125 cm³/mol. The molecule has 2 unspecified atom stereocenters. The number of nitrogens with two attached hydrogens (primary N) is 1. The highest BCUT2D eigenvalue weighted by molar-refractivity contribution is 8.00. The van der Waals surface area contributed by atoms with E-state index >= 15 is 0 Å². The van der Waals surface area contributed by atoms with Crippen molar-refractivity contribution in [2.75, 3.05) is 18.1 Å². The molecule has 0 aliphatic carbocycles. The monoisotopic (exact) mass is 501 g/mol. The number of carboxylic acid groups (broad SMARTS) is 1. The Morgan fingerprint density at radius 1 is 1.38 bits per heavy atom. The maximum absolute atomic E-state index is 12.9. The molecule has 2 aromatic heterocycles. The number of thioether (sulfide) groups is 1. The van der Waals surface area contributed by atoms with E-state index in [0.717, 1.165) is 17.1 Å². The summed E-state index contributed by atoms with van der Waals surface area (Å²) in [6, 6.07) is 2.62. The molecule has 2 amide bonds. The lowest BCUT2D eigenvalue weighted by atomic mass is 10.0. The minimum atomic E-state index is -1.22. The summed E-state index contributed by atoms with van der Waals surface area (Å²) < 4.78 is 3.97. The van der Waals surface area contributed by atoms with Crippen LogP contribution in [0.3, 0.4) is 0 Å². The number of β-lactam (4-membered cyclic amide) rings is 1. The van der Waals surface area contributed by atoms with Crippen LogP contribution in [0.2, 0.25) is 0 Å². The van der Waals surface area contributed by atoms with Gasteiger partial charge in [-0.05, 0) is 30.2 Å². The van der Waals surface area contributed by atoms with E-state index in [1.165, 1.54) is 16.7 Å². The van der Waals surface area contributed by atoms with E-state index in [1.807, 2.05) is 0 Å². The van der Waals surface area contributed by atoms with Crippen LogP contribution in [-0.4, -0.2) is 71.6 Å². The van der Waals surface area contributed by atoms with Crippen LogP contribution in [0.1, 0.15) is 18.3 Å². The molecule has 4 rings (SSSR count). The highest BCUT2D eigenvalue weighted by atomic mass is 32.2. The van der Waals surface area contributed by atoms with Gasteiger partial charge in [-0.2, -0.15) is 9.36 Å². The van der Waals surface area contributed by atoms with Crippen molar-refractivity contribution >= 4 is 58.0 Å². The quantitative estimate of drug-likeness (QED) is 0.265. The second-order valence-corrected chi connectivity index (χ2v) is 8.86. The van der Waals surface area contributed by atoms with Crippen LogP contribution >= 0.6 is 23.3 Å². The molecule has 14 heteroatoms. The number of nitrogens with one attached hydrogen (secondary N) is 1. The summed E-state index contributed by atoms with van der Waals surface area (Å²) in [7, 11) is 0. The highest BCUT2D eigenvalue weighted by Gasteiger charge is 2.54. The lowest BCUT2D eigenvalue weighted by Gasteiger charge is -2.49. The largest absolute Gasteiger partial charge is 0.477 e. The summed E-state index contributed by atoms with van der Waals surface area (Å²) in [5.41, 5.74) is 6.60. The summed E-state index contributed by atoms with van der Waals surface area (Å²) in [5, 5.41) is 15.7. The van der Waals surface area contributed by atoms with Crippen LogP contribution in [0, 0.1) is 0 Å². The number of hydrogen-bond donors (Lipinski definition) is 3. The van der Waals surface area contributed by atoms with Crippen LogP contribution in [0.15, 0.2) is 47.0 Å². The molecule has 1 saturated heterocycles. The van der Waals surface area contributed by atoms with Crippen molar-refractivity contribution < 1.29 is 24.3 Å². The minimum Gasteiger partial charge on any atom is -0.477 e. The average Bonchev–Trinajstić information content (AvgIpc) is 3.27. The normalized spacial score (nSPS) is 20.2. The number of aromatic nitrogens is 3. The van der Waals surface area contributed by atoms with E-state index in [9.17, 15) is 19.5 Å². The summed E-state index contributed by atoms with van der Waals surface area (Å²) in [6.07, 6.45) is 6.69. The van der Waals surface area contributed by atoms with E-state index in [-0.39, 0.29) is 29.0 Å². The molecule has 1 fully saturated rings. The van der Waals surface area contributed by atoms with Gasteiger partial charge < -0.3 is 21.0 Å². The smallest absolute Gasteiger partial charge is 0.352 e. The van der Waals surface area contributed by atoms with E-state index < -0.39 is 29.2 Å². The van der Waals surface area contributed by atoms with Crippen LogP contribution in [0.25, 0.3) is 6.08 Å². The summed E-state index contributed by atoms with van der Waals surface area (Å²) >= 11 is 2.23. The molecule has 2 atom stereocenters. The second kappa shape index (κ2) is 10.0. The number of carbonyl (C=O) groups excluding carboxylic acids is 2. The summed E-state index contributed by atoms with van der Waals surface area (Å²) in [5.74, 6) is -2.18. The Morgan fingerprint density at radius 3 is 2.79 bits per heavy atom. The third-order valence-corrected chi connectivity index (χ3v) is 6.67. The summed E-state index contributed by atoms with van der Waals surface area (Å²) in [6.45, 7) is 1.89. The van der Waals surface area contributed by atoms with Crippen LogP contribution in [-0.2, 0) is 19.2 Å². The number of nitrogen functional groups attached to an aromatic ring is 1. The fourth-order valence-electron chi connectivity index (χ4n) is 3.30. The number of fused-ring (bicyclic) bond motifs is 1. The molecule has 2 aliphatic heterocycles. The predicted octanol–water partition coefficient (Wildman–Crippen LogP) is 0.708. The maximum Gasteiger partial charge on any atom is 0.352 e. The number of rotatable bonds is 8. The molecule has 2 aliphatic rings. The Kier molecular flexibility index (Phi) is 6.88. The SMILES string of the molecule is CCO/N=C(/C(=O)NC1C(=O)N2C(C(=O)O)=C(/C=C/c3ccncc3)CSC12)c1nsc(N)n1. The molecule has 2 aromatic rings. The first-order chi connectivity index (χ1) is 16.4. The Morgan fingerprint density at radius 2 is 2.15 bits per heavy atom. The van der Waals surface area contributed by atoms with Gasteiger partial charge in [-0.25, -0.2) is 4.79 Å². The number of pyridine rings is 1. The lowest BCUT2D eigenvalue weighted by Crippen LogP contribution is -2.71. The van der Waals surface area contributed by atoms with Crippen molar-refractivity contribution in [3.8, 4) is 0 Å². The van der Waals surface area contributed by atoms with Gasteiger partial charge in [0.15, 0.2) is 5.13 Å². The second-order valence-electron chi connectivity index (χ2n) is 6.97. The number of carboxylic acids is 1. The van der Waals surface area contributed by atoms with Gasteiger partial charge in [0.1, 0.15) is 23.7 Å². The maximum atomic E-state index is 12.9. The van der Waals surface area contributed by atoms with Crippen molar-refractivity contribution in [2.24, 2.45) is 5.16 Å². The van der Waals surface area contributed by atoms with Gasteiger partial charge in [-0.3, -0.25) is 19.5 Å². The van der Waals surface area contributed by atoms with Crippen molar-refractivity contribution in [1.29, 1.82) is 0 Å². The molecular formula is C20H19N7O5S2. The molecule has 4 N–H and O–H groups in total.